The zero-order valence-electron chi connectivity index (χ0n) is 14.4. The number of nitrogens with one attached hydrogen (secondary N) is 1. The quantitative estimate of drug-likeness (QED) is 0.709. The topological polar surface area (TPSA) is 24.5 Å². The molecule has 0 aliphatic carbocycles. The molecule has 120 valence electrons. The average molecular weight is 292 g/mol. The SMILES string of the molecule is CCCCN(C)C(C)C(NCCC)c1ccc(OC)cc1. The van der Waals surface area contributed by atoms with Gasteiger partial charge in [0, 0.05) is 12.1 Å². The number of hydrogen-bond donors (Lipinski definition) is 1. The first kappa shape index (κ1) is 18.0. The van der Waals surface area contributed by atoms with Crippen LogP contribution in [0.5, 0.6) is 5.75 Å². The third-order valence-corrected chi connectivity index (χ3v) is 4.13. The highest BCUT2D eigenvalue weighted by molar-refractivity contribution is 5.29. The molecule has 0 amide bonds. The Kier molecular flexibility index (Phi) is 8.40. The molecule has 0 aliphatic heterocycles. The van der Waals surface area contributed by atoms with Gasteiger partial charge in [0.2, 0.25) is 0 Å². The van der Waals surface area contributed by atoms with Crippen molar-refractivity contribution in [2.24, 2.45) is 0 Å². The Bertz CT molecular complexity index is 377. The van der Waals surface area contributed by atoms with E-state index in [1.807, 2.05) is 0 Å². The predicted molar refractivity (Wildman–Crippen MR) is 91.0 cm³/mol. The Morgan fingerprint density at radius 1 is 1.14 bits per heavy atom. The smallest absolute Gasteiger partial charge is 0.118 e. The van der Waals surface area contributed by atoms with Crippen molar-refractivity contribution in [1.29, 1.82) is 0 Å². The van der Waals surface area contributed by atoms with Crippen LogP contribution in [0.1, 0.15) is 51.6 Å². The molecule has 1 rings (SSSR count). The third-order valence-electron chi connectivity index (χ3n) is 4.13. The minimum Gasteiger partial charge on any atom is -0.497 e. The Labute approximate surface area is 130 Å². The molecular formula is C18H32N2O. The molecule has 21 heavy (non-hydrogen) atoms. The molecule has 2 atom stereocenters. The molecule has 0 fully saturated rings. The minimum absolute atomic E-state index is 0.359. The van der Waals surface area contributed by atoms with Crippen molar-refractivity contribution < 1.29 is 4.74 Å². The van der Waals surface area contributed by atoms with Crippen LogP contribution in [-0.4, -0.2) is 38.2 Å². The van der Waals surface area contributed by atoms with Crippen molar-refractivity contribution in [3.05, 3.63) is 29.8 Å². The van der Waals surface area contributed by atoms with E-state index in [1.54, 1.807) is 7.11 Å². The third kappa shape index (κ3) is 5.68. The van der Waals surface area contributed by atoms with Crippen LogP contribution in [0.2, 0.25) is 0 Å². The molecule has 2 unspecified atom stereocenters. The Balaban J connectivity index is 2.81. The van der Waals surface area contributed by atoms with Crippen molar-refractivity contribution in [1.82, 2.24) is 10.2 Å². The lowest BCUT2D eigenvalue weighted by Gasteiger charge is -2.33. The van der Waals surface area contributed by atoms with Crippen LogP contribution in [0, 0.1) is 0 Å². The van der Waals surface area contributed by atoms with E-state index in [4.69, 9.17) is 4.74 Å². The molecule has 0 saturated heterocycles. The number of unbranched alkanes of at least 4 members (excludes halogenated alkanes) is 1. The maximum absolute atomic E-state index is 5.26. The summed E-state index contributed by atoms with van der Waals surface area (Å²) in [6, 6.07) is 9.28. The number of methoxy groups -OCH3 is 1. The lowest BCUT2D eigenvalue weighted by Crippen LogP contribution is -2.41. The van der Waals surface area contributed by atoms with E-state index in [2.05, 4.69) is 62.3 Å². The zero-order chi connectivity index (χ0) is 15.7. The summed E-state index contributed by atoms with van der Waals surface area (Å²) in [5.74, 6) is 0.917. The summed E-state index contributed by atoms with van der Waals surface area (Å²) in [5, 5.41) is 3.70. The number of benzene rings is 1. The molecule has 0 bridgehead atoms. The first-order valence-corrected chi connectivity index (χ1v) is 8.21. The van der Waals surface area contributed by atoms with Gasteiger partial charge in [0.15, 0.2) is 0 Å². The standard InChI is InChI=1S/C18H32N2O/c1-6-8-14-20(4)15(3)18(19-13-7-2)16-9-11-17(21-5)12-10-16/h9-12,15,18-19H,6-8,13-14H2,1-5H3. The highest BCUT2D eigenvalue weighted by atomic mass is 16.5. The fourth-order valence-corrected chi connectivity index (χ4v) is 2.54. The molecule has 1 N–H and O–H groups in total. The summed E-state index contributed by atoms with van der Waals surface area (Å²) in [6.07, 6.45) is 3.65. The molecular weight excluding hydrogens is 260 g/mol. The Morgan fingerprint density at radius 2 is 1.81 bits per heavy atom. The van der Waals surface area contributed by atoms with E-state index in [0.717, 1.165) is 25.3 Å². The summed E-state index contributed by atoms with van der Waals surface area (Å²) >= 11 is 0. The van der Waals surface area contributed by atoms with E-state index in [1.165, 1.54) is 18.4 Å². The number of ether oxygens (including phenoxy) is 1. The number of hydrogen-bond acceptors (Lipinski definition) is 3. The second kappa shape index (κ2) is 9.80. The highest BCUT2D eigenvalue weighted by Crippen LogP contribution is 2.23. The summed E-state index contributed by atoms with van der Waals surface area (Å²) in [6.45, 7) is 8.96. The fourth-order valence-electron chi connectivity index (χ4n) is 2.54. The average Bonchev–Trinajstić information content (AvgIpc) is 2.53. The van der Waals surface area contributed by atoms with Gasteiger partial charge in [0.25, 0.3) is 0 Å². The summed E-state index contributed by atoms with van der Waals surface area (Å²) < 4.78 is 5.26. The van der Waals surface area contributed by atoms with Gasteiger partial charge in [0.1, 0.15) is 5.75 Å². The molecule has 0 spiro atoms. The van der Waals surface area contributed by atoms with Crippen molar-refractivity contribution in [2.75, 3.05) is 27.2 Å². The van der Waals surface area contributed by atoms with Gasteiger partial charge in [0.05, 0.1) is 7.11 Å². The molecule has 0 saturated carbocycles. The molecule has 0 radical (unpaired) electrons. The first-order valence-electron chi connectivity index (χ1n) is 8.21. The number of rotatable bonds is 10. The normalized spacial score (nSPS) is 14.2. The van der Waals surface area contributed by atoms with Gasteiger partial charge in [-0.2, -0.15) is 0 Å². The molecule has 0 aliphatic rings. The second-order valence-corrected chi connectivity index (χ2v) is 5.78. The van der Waals surface area contributed by atoms with E-state index in [9.17, 15) is 0 Å². The zero-order valence-corrected chi connectivity index (χ0v) is 14.4. The molecule has 0 heterocycles. The lowest BCUT2D eigenvalue weighted by molar-refractivity contribution is 0.204. The van der Waals surface area contributed by atoms with Gasteiger partial charge in [-0.3, -0.25) is 0 Å². The molecule has 1 aromatic rings. The van der Waals surface area contributed by atoms with Gasteiger partial charge in [-0.15, -0.1) is 0 Å². The van der Waals surface area contributed by atoms with Crippen LogP contribution in [0.4, 0.5) is 0 Å². The van der Waals surface area contributed by atoms with Crippen molar-refractivity contribution >= 4 is 0 Å². The highest BCUT2D eigenvalue weighted by Gasteiger charge is 2.21. The summed E-state index contributed by atoms with van der Waals surface area (Å²) in [5.41, 5.74) is 1.33. The molecule has 3 heteroatoms. The maximum Gasteiger partial charge on any atom is 0.118 e. The maximum atomic E-state index is 5.26. The number of likely N-dealkylation sites (N-methyl/N-ethyl adjacent to an activating group) is 1. The van der Waals surface area contributed by atoms with E-state index in [0.29, 0.717) is 12.1 Å². The fraction of sp³-hybridized carbons (Fsp3) is 0.667. The van der Waals surface area contributed by atoms with Crippen LogP contribution in [0.15, 0.2) is 24.3 Å². The van der Waals surface area contributed by atoms with Gasteiger partial charge in [-0.05, 0) is 57.6 Å². The number of nitrogens with zero attached hydrogens (tertiary/aromatic N) is 1. The second-order valence-electron chi connectivity index (χ2n) is 5.78. The first-order chi connectivity index (χ1) is 10.1. The van der Waals surface area contributed by atoms with E-state index < -0.39 is 0 Å². The van der Waals surface area contributed by atoms with E-state index >= 15 is 0 Å². The van der Waals surface area contributed by atoms with Crippen molar-refractivity contribution in [2.45, 2.75) is 52.1 Å². The van der Waals surface area contributed by atoms with Crippen LogP contribution >= 0.6 is 0 Å². The minimum atomic E-state index is 0.359. The van der Waals surface area contributed by atoms with Gasteiger partial charge in [-0.25, -0.2) is 0 Å². The molecule has 1 aromatic carbocycles. The van der Waals surface area contributed by atoms with Crippen molar-refractivity contribution in [3.63, 3.8) is 0 Å². The Morgan fingerprint density at radius 3 is 2.33 bits per heavy atom. The largest absolute Gasteiger partial charge is 0.497 e. The van der Waals surface area contributed by atoms with Gasteiger partial charge in [-0.1, -0.05) is 32.4 Å². The van der Waals surface area contributed by atoms with Gasteiger partial charge >= 0.3 is 0 Å². The van der Waals surface area contributed by atoms with E-state index in [-0.39, 0.29) is 0 Å². The van der Waals surface area contributed by atoms with Crippen LogP contribution < -0.4 is 10.1 Å². The summed E-state index contributed by atoms with van der Waals surface area (Å²) in [7, 11) is 3.94. The molecule has 3 nitrogen and oxygen atoms in total. The van der Waals surface area contributed by atoms with Gasteiger partial charge < -0.3 is 15.0 Å². The van der Waals surface area contributed by atoms with Crippen molar-refractivity contribution in [3.8, 4) is 5.75 Å². The predicted octanol–water partition coefficient (Wildman–Crippen LogP) is 3.86. The van der Waals surface area contributed by atoms with Crippen LogP contribution in [0.3, 0.4) is 0 Å². The van der Waals surface area contributed by atoms with Crippen LogP contribution in [0.25, 0.3) is 0 Å². The summed E-state index contributed by atoms with van der Waals surface area (Å²) in [4.78, 5) is 2.46. The Hall–Kier alpha value is -1.06. The monoisotopic (exact) mass is 292 g/mol. The lowest BCUT2D eigenvalue weighted by atomic mass is 9.98. The van der Waals surface area contributed by atoms with Crippen LogP contribution in [-0.2, 0) is 0 Å². The molecule has 0 aromatic heterocycles.